The minimum absolute atomic E-state index is 0.0878. The molecule has 1 heterocycles. The number of carbonyl (C=O) groups excluding carboxylic acids is 1. The summed E-state index contributed by atoms with van der Waals surface area (Å²) in [7, 11) is 0. The molecule has 1 aliphatic rings. The fraction of sp³-hybridized carbons (Fsp3) is 0.400. The van der Waals surface area contributed by atoms with E-state index in [1.165, 1.54) is 0 Å². The number of rotatable bonds is 4. The molecule has 2 heteroatoms. The fourth-order valence-corrected chi connectivity index (χ4v) is 1.87. The summed E-state index contributed by atoms with van der Waals surface area (Å²) >= 11 is 0. The monoisotopic (exact) mass is 231 g/mol. The number of amides is 1. The minimum atomic E-state index is -0.117. The molecule has 1 fully saturated rings. The van der Waals surface area contributed by atoms with Crippen LogP contribution in [0.4, 0.5) is 0 Å². The van der Waals surface area contributed by atoms with Crippen LogP contribution in [0.25, 0.3) is 0 Å². The van der Waals surface area contributed by atoms with E-state index >= 15 is 0 Å². The first-order chi connectivity index (χ1) is 7.97. The molecule has 1 aliphatic heterocycles. The molecule has 0 bridgehead atoms. The molecule has 1 rings (SSSR count). The molecule has 1 amide bonds. The maximum atomic E-state index is 12.3. The number of hydrogen-bond acceptors (Lipinski definition) is 1. The van der Waals surface area contributed by atoms with Gasteiger partial charge >= 0.3 is 0 Å². The molecular formula is C15H21NO. The van der Waals surface area contributed by atoms with E-state index in [9.17, 15) is 4.79 Å². The molecule has 92 valence electrons. The Morgan fingerprint density at radius 1 is 1.29 bits per heavy atom. The van der Waals surface area contributed by atoms with Gasteiger partial charge in [-0.25, -0.2) is 0 Å². The molecule has 0 N–H and O–H groups in total. The highest BCUT2D eigenvalue weighted by atomic mass is 16.2. The van der Waals surface area contributed by atoms with E-state index in [2.05, 4.69) is 33.9 Å². The van der Waals surface area contributed by atoms with E-state index in [1.807, 2.05) is 11.0 Å². The van der Waals surface area contributed by atoms with Crippen LogP contribution in [0.5, 0.6) is 0 Å². The average Bonchev–Trinajstić information content (AvgIpc) is 2.59. The van der Waals surface area contributed by atoms with Crippen molar-refractivity contribution in [2.75, 3.05) is 6.54 Å². The van der Waals surface area contributed by atoms with Crippen LogP contribution in [0.3, 0.4) is 0 Å². The molecule has 0 aromatic carbocycles. The van der Waals surface area contributed by atoms with Gasteiger partial charge in [-0.05, 0) is 31.9 Å². The third kappa shape index (κ3) is 2.57. The van der Waals surface area contributed by atoms with E-state index in [4.69, 9.17) is 0 Å². The summed E-state index contributed by atoms with van der Waals surface area (Å²) in [5, 5.41) is 0. The molecule has 0 unspecified atom stereocenters. The molecule has 2 nitrogen and oxygen atoms in total. The predicted molar refractivity (Wildman–Crippen MR) is 72.6 cm³/mol. The average molecular weight is 231 g/mol. The largest absolute Gasteiger partial charge is 0.329 e. The first-order valence-corrected chi connectivity index (χ1v) is 5.94. The molecule has 0 saturated carbocycles. The Kier molecular flexibility index (Phi) is 4.11. The van der Waals surface area contributed by atoms with Gasteiger partial charge in [0.15, 0.2) is 0 Å². The smallest absolute Gasteiger partial charge is 0.254 e. The van der Waals surface area contributed by atoms with Gasteiger partial charge in [-0.2, -0.15) is 0 Å². The number of allylic oxidation sites excluding steroid dienone is 4. The lowest BCUT2D eigenvalue weighted by Gasteiger charge is -2.34. The summed E-state index contributed by atoms with van der Waals surface area (Å²) in [4.78, 5) is 14.2. The first kappa shape index (κ1) is 13.5. The third-order valence-electron chi connectivity index (χ3n) is 3.35. The molecule has 1 saturated heterocycles. The van der Waals surface area contributed by atoms with Crippen LogP contribution >= 0.6 is 0 Å². The third-order valence-corrected chi connectivity index (χ3v) is 3.35. The summed E-state index contributed by atoms with van der Waals surface area (Å²) < 4.78 is 0. The topological polar surface area (TPSA) is 20.3 Å². The summed E-state index contributed by atoms with van der Waals surface area (Å²) in [6.07, 6.45) is 8.00. The zero-order valence-corrected chi connectivity index (χ0v) is 11.0. The number of likely N-dealkylation sites (tertiary alicyclic amines) is 1. The summed E-state index contributed by atoms with van der Waals surface area (Å²) in [5.41, 5.74) is 1.64. The first-order valence-electron chi connectivity index (χ1n) is 5.94. The molecule has 0 aliphatic carbocycles. The van der Waals surface area contributed by atoms with Crippen LogP contribution < -0.4 is 0 Å². The molecule has 0 atom stereocenters. The lowest BCUT2D eigenvalue weighted by Crippen LogP contribution is -2.44. The molecule has 0 aromatic heterocycles. The van der Waals surface area contributed by atoms with Gasteiger partial charge in [-0.3, -0.25) is 4.79 Å². The minimum Gasteiger partial charge on any atom is -0.329 e. The predicted octanol–water partition coefficient (Wildman–Crippen LogP) is 3.24. The quantitative estimate of drug-likeness (QED) is 0.680. The highest BCUT2D eigenvalue weighted by molar-refractivity contribution is 6.02. The van der Waals surface area contributed by atoms with Crippen molar-refractivity contribution in [1.82, 2.24) is 4.90 Å². The molecule has 0 spiro atoms. The zero-order chi connectivity index (χ0) is 13.1. The second-order valence-electron chi connectivity index (χ2n) is 4.80. The van der Waals surface area contributed by atoms with Crippen molar-refractivity contribution in [2.24, 2.45) is 0 Å². The summed E-state index contributed by atoms with van der Waals surface area (Å²) in [5.74, 6) is 0.0878. The Morgan fingerprint density at radius 2 is 1.88 bits per heavy atom. The van der Waals surface area contributed by atoms with Crippen molar-refractivity contribution >= 4 is 5.91 Å². The van der Waals surface area contributed by atoms with E-state index in [1.54, 1.807) is 18.2 Å². The lowest BCUT2D eigenvalue weighted by molar-refractivity contribution is -0.129. The van der Waals surface area contributed by atoms with Crippen molar-refractivity contribution in [2.45, 2.75) is 32.7 Å². The van der Waals surface area contributed by atoms with Gasteiger partial charge in [0.25, 0.3) is 5.91 Å². The number of hydrogen-bond donors (Lipinski definition) is 0. The molecule has 17 heavy (non-hydrogen) atoms. The van der Waals surface area contributed by atoms with Gasteiger partial charge in [0.05, 0.1) is 0 Å². The van der Waals surface area contributed by atoms with E-state index in [0.29, 0.717) is 6.54 Å². The second kappa shape index (κ2) is 5.17. The van der Waals surface area contributed by atoms with Crippen LogP contribution in [0, 0.1) is 0 Å². The van der Waals surface area contributed by atoms with Crippen molar-refractivity contribution in [3.05, 3.63) is 48.6 Å². The standard InChI is InChI=1S/C15H21NO/c1-6-9-12-11-16(15(4,5)8-3)14(17)13(12)10-7-2/h6-7,9-10H,1-2,8,11H2,3-5H3/b12-9-,13-10+. The Morgan fingerprint density at radius 3 is 2.35 bits per heavy atom. The van der Waals surface area contributed by atoms with Gasteiger partial charge in [-0.1, -0.05) is 38.3 Å². The second-order valence-corrected chi connectivity index (χ2v) is 4.80. The number of nitrogens with zero attached hydrogens (tertiary/aromatic N) is 1. The Bertz CT molecular complexity index is 399. The maximum Gasteiger partial charge on any atom is 0.254 e. The van der Waals surface area contributed by atoms with Gasteiger partial charge in [-0.15, -0.1) is 0 Å². The van der Waals surface area contributed by atoms with Gasteiger partial charge in [0, 0.05) is 17.7 Å². The maximum absolute atomic E-state index is 12.3. The Labute approximate surface area is 104 Å². The Hall–Kier alpha value is -1.57. The van der Waals surface area contributed by atoms with Crippen LogP contribution in [0.2, 0.25) is 0 Å². The fourth-order valence-electron chi connectivity index (χ4n) is 1.87. The highest BCUT2D eigenvalue weighted by Gasteiger charge is 2.37. The van der Waals surface area contributed by atoms with Gasteiger partial charge in [0.1, 0.15) is 0 Å². The SMILES string of the molecule is C=C/C=C1/CN(C(C)(C)CC)C(=O)/C1=C/C=C. The van der Waals surface area contributed by atoms with Crippen LogP contribution in [-0.2, 0) is 4.79 Å². The summed E-state index contributed by atoms with van der Waals surface area (Å²) in [6.45, 7) is 14.3. The van der Waals surface area contributed by atoms with E-state index in [0.717, 1.165) is 17.6 Å². The van der Waals surface area contributed by atoms with Crippen LogP contribution in [0.15, 0.2) is 48.6 Å². The van der Waals surface area contributed by atoms with Gasteiger partial charge < -0.3 is 4.90 Å². The van der Waals surface area contributed by atoms with Crippen molar-refractivity contribution in [3.8, 4) is 0 Å². The van der Waals surface area contributed by atoms with E-state index < -0.39 is 0 Å². The summed E-state index contributed by atoms with van der Waals surface area (Å²) in [6, 6.07) is 0. The van der Waals surface area contributed by atoms with Crippen molar-refractivity contribution in [1.29, 1.82) is 0 Å². The lowest BCUT2D eigenvalue weighted by atomic mass is 10.00. The molecular weight excluding hydrogens is 210 g/mol. The molecule has 0 aromatic rings. The van der Waals surface area contributed by atoms with E-state index in [-0.39, 0.29) is 11.4 Å². The van der Waals surface area contributed by atoms with Crippen LogP contribution in [-0.4, -0.2) is 22.9 Å². The zero-order valence-electron chi connectivity index (χ0n) is 11.0. The normalized spacial score (nSPS) is 21.4. The van der Waals surface area contributed by atoms with Crippen molar-refractivity contribution < 1.29 is 4.79 Å². The van der Waals surface area contributed by atoms with Gasteiger partial charge in [0.2, 0.25) is 0 Å². The Balaban J connectivity index is 3.16. The van der Waals surface area contributed by atoms with Crippen LogP contribution in [0.1, 0.15) is 27.2 Å². The van der Waals surface area contributed by atoms with Crippen molar-refractivity contribution in [3.63, 3.8) is 0 Å². The number of carbonyl (C=O) groups is 1. The molecule has 0 radical (unpaired) electrons. The highest BCUT2D eigenvalue weighted by Crippen LogP contribution is 2.31.